The van der Waals surface area contributed by atoms with E-state index in [1.54, 1.807) is 0 Å². The Morgan fingerprint density at radius 2 is 0.870 bits per heavy atom. The lowest BCUT2D eigenvalue weighted by Gasteiger charge is -2.46. The molecule has 2 aromatic rings. The molecule has 2 fully saturated rings. The largest absolute Gasteiger partial charge is 0.331 e. The second-order valence-corrected chi connectivity index (χ2v) is 7.29. The Kier molecular flexibility index (Phi) is 2.87. The lowest BCUT2D eigenvalue weighted by molar-refractivity contribution is -0.298. The highest BCUT2D eigenvalue weighted by Crippen LogP contribution is 2.66. The first-order valence-electron chi connectivity index (χ1n) is 8.05. The van der Waals surface area contributed by atoms with E-state index in [0.717, 1.165) is 11.1 Å². The second kappa shape index (κ2) is 4.44. The van der Waals surface area contributed by atoms with Crippen molar-refractivity contribution in [1.29, 1.82) is 0 Å². The lowest BCUT2D eigenvalue weighted by atomic mass is 9.86. The third-order valence-corrected chi connectivity index (χ3v) is 4.98. The number of benzene rings is 2. The minimum Gasteiger partial charge on any atom is -0.331 e. The Hall–Kier alpha value is -1.68. The van der Waals surface area contributed by atoms with Gasteiger partial charge in [0.2, 0.25) is 11.6 Å². The molecule has 0 amide bonds. The molecule has 2 aliphatic rings. The van der Waals surface area contributed by atoms with Gasteiger partial charge in [-0.05, 0) is 27.7 Å². The van der Waals surface area contributed by atoms with E-state index in [9.17, 15) is 0 Å². The molecule has 2 bridgehead atoms. The van der Waals surface area contributed by atoms with Crippen molar-refractivity contribution in [3.63, 3.8) is 0 Å². The third kappa shape index (κ3) is 1.76. The summed E-state index contributed by atoms with van der Waals surface area (Å²) in [5.74, 6) is -1.85. The molecule has 2 heterocycles. The van der Waals surface area contributed by atoms with Crippen molar-refractivity contribution in [3.8, 4) is 0 Å². The zero-order valence-electron chi connectivity index (χ0n) is 14.0. The maximum Gasteiger partial charge on any atom is 0.228 e. The molecule has 2 atom stereocenters. The van der Waals surface area contributed by atoms with Crippen LogP contribution in [0.4, 0.5) is 0 Å². The standard InChI is InChI=1S/C20H22O3/c1-17(2)19(15-11-7-5-8-12-15)22-18(3,4)20(21-17,23-19)16-13-9-6-10-14-16/h5-14H,1-4H3/t19-,20-/m0/s1. The SMILES string of the molecule is CC1(C)O[C@@]2(c3ccccc3)O[C@]1(c1ccccc1)OC2(C)C. The van der Waals surface area contributed by atoms with Crippen molar-refractivity contribution >= 4 is 0 Å². The van der Waals surface area contributed by atoms with Crippen LogP contribution in [0.5, 0.6) is 0 Å². The normalized spacial score (nSPS) is 33.7. The lowest BCUT2D eigenvalue weighted by Crippen LogP contribution is -2.56. The number of fused-ring (bicyclic) bond motifs is 2. The molecule has 0 aromatic heterocycles. The molecule has 3 heteroatoms. The van der Waals surface area contributed by atoms with Crippen molar-refractivity contribution in [2.75, 3.05) is 0 Å². The number of hydrogen-bond donors (Lipinski definition) is 0. The number of ether oxygens (including phenoxy) is 3. The molecule has 3 nitrogen and oxygen atoms in total. The van der Waals surface area contributed by atoms with Crippen molar-refractivity contribution in [2.24, 2.45) is 0 Å². The minimum atomic E-state index is -0.923. The minimum absolute atomic E-state index is 0.611. The van der Waals surface area contributed by atoms with E-state index in [-0.39, 0.29) is 0 Å². The molecule has 0 unspecified atom stereocenters. The highest BCUT2D eigenvalue weighted by atomic mass is 16.9. The zero-order chi connectivity index (χ0) is 16.3. The van der Waals surface area contributed by atoms with Crippen molar-refractivity contribution in [1.82, 2.24) is 0 Å². The van der Waals surface area contributed by atoms with E-state index in [1.165, 1.54) is 0 Å². The predicted octanol–water partition coefficient (Wildman–Crippen LogP) is 4.33. The molecule has 2 aromatic carbocycles. The van der Waals surface area contributed by atoms with E-state index in [1.807, 2.05) is 88.4 Å². The Balaban J connectivity index is 1.92. The van der Waals surface area contributed by atoms with Gasteiger partial charge in [0.1, 0.15) is 11.2 Å². The first-order chi connectivity index (χ1) is 10.8. The summed E-state index contributed by atoms with van der Waals surface area (Å²) in [6.45, 7) is 8.11. The van der Waals surface area contributed by atoms with Crippen LogP contribution < -0.4 is 0 Å². The van der Waals surface area contributed by atoms with Gasteiger partial charge in [0.05, 0.1) is 0 Å². The Morgan fingerprint density at radius 3 is 1.22 bits per heavy atom. The van der Waals surface area contributed by atoms with Crippen molar-refractivity contribution < 1.29 is 14.2 Å². The molecule has 0 radical (unpaired) electrons. The maximum absolute atomic E-state index is 6.61. The van der Waals surface area contributed by atoms with Gasteiger partial charge in [-0.15, -0.1) is 0 Å². The molecule has 0 saturated carbocycles. The van der Waals surface area contributed by atoms with Gasteiger partial charge in [-0.25, -0.2) is 0 Å². The van der Waals surface area contributed by atoms with Gasteiger partial charge in [0.25, 0.3) is 0 Å². The van der Waals surface area contributed by atoms with Gasteiger partial charge >= 0.3 is 0 Å². The number of hydrogen-bond acceptors (Lipinski definition) is 3. The Bertz CT molecular complexity index is 660. The summed E-state index contributed by atoms with van der Waals surface area (Å²) in [6, 6.07) is 20.1. The molecular weight excluding hydrogens is 288 g/mol. The van der Waals surface area contributed by atoms with Crippen LogP contribution in [-0.4, -0.2) is 11.2 Å². The molecule has 120 valence electrons. The summed E-state index contributed by atoms with van der Waals surface area (Å²) in [4.78, 5) is 0. The van der Waals surface area contributed by atoms with E-state index in [2.05, 4.69) is 0 Å². The van der Waals surface area contributed by atoms with Gasteiger partial charge in [0.15, 0.2) is 0 Å². The summed E-state index contributed by atoms with van der Waals surface area (Å²) in [5, 5.41) is 0. The third-order valence-electron chi connectivity index (χ3n) is 4.98. The van der Waals surface area contributed by atoms with Gasteiger partial charge in [-0.3, -0.25) is 0 Å². The van der Waals surface area contributed by atoms with Crippen molar-refractivity contribution in [3.05, 3.63) is 71.8 Å². The fourth-order valence-corrected chi connectivity index (χ4v) is 3.83. The van der Waals surface area contributed by atoms with Crippen LogP contribution >= 0.6 is 0 Å². The average Bonchev–Trinajstić information content (AvgIpc) is 2.93. The molecule has 0 spiro atoms. The molecule has 2 aliphatic heterocycles. The van der Waals surface area contributed by atoms with Crippen LogP contribution in [0.3, 0.4) is 0 Å². The molecule has 0 aliphatic carbocycles. The summed E-state index contributed by atoms with van der Waals surface area (Å²) in [5.41, 5.74) is 0.737. The first kappa shape index (κ1) is 14.9. The average molecular weight is 310 g/mol. The maximum atomic E-state index is 6.61. The predicted molar refractivity (Wildman–Crippen MR) is 87.7 cm³/mol. The van der Waals surface area contributed by atoms with Gasteiger partial charge in [-0.2, -0.15) is 0 Å². The van der Waals surface area contributed by atoms with Crippen LogP contribution in [0.2, 0.25) is 0 Å². The van der Waals surface area contributed by atoms with E-state index in [4.69, 9.17) is 14.2 Å². The summed E-state index contributed by atoms with van der Waals surface area (Å²) < 4.78 is 19.7. The van der Waals surface area contributed by atoms with Gasteiger partial charge < -0.3 is 14.2 Å². The van der Waals surface area contributed by atoms with Crippen molar-refractivity contribution in [2.45, 2.75) is 50.5 Å². The molecular formula is C20H22O3. The van der Waals surface area contributed by atoms with Crippen LogP contribution in [0.25, 0.3) is 0 Å². The monoisotopic (exact) mass is 310 g/mol. The first-order valence-corrected chi connectivity index (χ1v) is 8.05. The van der Waals surface area contributed by atoms with Gasteiger partial charge in [0, 0.05) is 11.1 Å². The summed E-state index contributed by atoms with van der Waals surface area (Å²) >= 11 is 0. The fourth-order valence-electron chi connectivity index (χ4n) is 3.83. The van der Waals surface area contributed by atoms with Gasteiger partial charge in [-0.1, -0.05) is 60.7 Å². The Labute approximate surface area is 137 Å². The summed E-state index contributed by atoms with van der Waals surface area (Å²) in [7, 11) is 0. The van der Waals surface area contributed by atoms with E-state index >= 15 is 0 Å². The highest BCUT2D eigenvalue weighted by Gasteiger charge is 2.77. The molecule has 0 N–H and O–H groups in total. The molecule has 2 saturated heterocycles. The van der Waals surface area contributed by atoms with Crippen LogP contribution in [0.1, 0.15) is 38.8 Å². The van der Waals surface area contributed by atoms with Crippen LogP contribution in [0, 0.1) is 0 Å². The van der Waals surface area contributed by atoms with Crippen LogP contribution in [0.15, 0.2) is 60.7 Å². The smallest absolute Gasteiger partial charge is 0.228 e. The van der Waals surface area contributed by atoms with Crippen LogP contribution in [-0.2, 0) is 25.8 Å². The topological polar surface area (TPSA) is 27.7 Å². The quantitative estimate of drug-likeness (QED) is 0.826. The van der Waals surface area contributed by atoms with E-state index in [0.29, 0.717) is 0 Å². The van der Waals surface area contributed by atoms with E-state index < -0.39 is 22.8 Å². The zero-order valence-corrected chi connectivity index (χ0v) is 14.0. The number of rotatable bonds is 2. The fraction of sp³-hybridized carbons (Fsp3) is 0.400. The Morgan fingerprint density at radius 1 is 0.522 bits per heavy atom. The molecule has 23 heavy (non-hydrogen) atoms. The second-order valence-electron chi connectivity index (χ2n) is 7.29. The summed E-state index contributed by atoms with van der Waals surface area (Å²) in [6.07, 6.45) is 0. The molecule has 4 rings (SSSR count). The highest BCUT2D eigenvalue weighted by molar-refractivity contribution is 5.34.